The molecule has 4 aromatic carbocycles. The van der Waals surface area contributed by atoms with E-state index in [1.165, 1.54) is 22.3 Å². The smallest absolute Gasteiger partial charge is 0.0320 e. The van der Waals surface area contributed by atoms with E-state index in [1.54, 1.807) is 0 Å². The predicted molar refractivity (Wildman–Crippen MR) is 115 cm³/mol. The quantitative estimate of drug-likeness (QED) is 0.459. The van der Waals surface area contributed by atoms with Crippen LogP contribution in [0.2, 0.25) is 0 Å². The molecule has 2 nitrogen and oxygen atoms in total. The highest BCUT2D eigenvalue weighted by atomic mass is 14.5. The minimum atomic E-state index is 0.789. The lowest BCUT2D eigenvalue weighted by molar-refractivity contribution is 1.19. The summed E-state index contributed by atoms with van der Waals surface area (Å²) in [6.07, 6.45) is 0.911. The normalized spacial score (nSPS) is 10.7. The van der Waals surface area contributed by atoms with Crippen molar-refractivity contribution in [2.24, 2.45) is 0 Å². The van der Waals surface area contributed by atoms with Gasteiger partial charge in [0.05, 0.1) is 0 Å². The summed E-state index contributed by atoms with van der Waals surface area (Å²) in [6, 6.07) is 33.3. The van der Waals surface area contributed by atoms with Gasteiger partial charge in [0.1, 0.15) is 0 Å². The fourth-order valence-electron chi connectivity index (χ4n) is 3.30. The van der Waals surface area contributed by atoms with Gasteiger partial charge in [0.2, 0.25) is 0 Å². The van der Waals surface area contributed by atoms with Crippen molar-refractivity contribution in [3.05, 3.63) is 108 Å². The Bertz CT molecular complexity index is 961. The Kier molecular flexibility index (Phi) is 4.63. The molecule has 0 aliphatic rings. The summed E-state index contributed by atoms with van der Waals surface area (Å²) in [6.45, 7) is 0. The summed E-state index contributed by atoms with van der Waals surface area (Å²) in [5.41, 5.74) is 20.6. The topological polar surface area (TPSA) is 52.0 Å². The van der Waals surface area contributed by atoms with Gasteiger partial charge in [-0.2, -0.15) is 0 Å². The van der Waals surface area contributed by atoms with E-state index >= 15 is 0 Å². The maximum absolute atomic E-state index is 5.88. The summed E-state index contributed by atoms with van der Waals surface area (Å²) in [4.78, 5) is 0. The Morgan fingerprint density at radius 3 is 1.22 bits per heavy atom. The van der Waals surface area contributed by atoms with E-state index in [-0.39, 0.29) is 0 Å². The van der Waals surface area contributed by atoms with Crippen LogP contribution < -0.4 is 11.5 Å². The van der Waals surface area contributed by atoms with Crippen LogP contribution in [0.5, 0.6) is 0 Å². The number of hydrogen-bond acceptors (Lipinski definition) is 2. The Morgan fingerprint density at radius 2 is 0.852 bits per heavy atom. The van der Waals surface area contributed by atoms with Crippen LogP contribution in [0.15, 0.2) is 97.1 Å². The number of rotatable bonds is 4. The lowest BCUT2D eigenvalue weighted by Gasteiger charge is -2.07. The summed E-state index contributed by atoms with van der Waals surface area (Å²) >= 11 is 0. The lowest BCUT2D eigenvalue weighted by atomic mass is 9.98. The molecule has 132 valence electrons. The molecule has 0 bridgehead atoms. The minimum absolute atomic E-state index is 0.789. The first-order valence-corrected chi connectivity index (χ1v) is 9.07. The third kappa shape index (κ3) is 4.01. The van der Waals surface area contributed by atoms with Crippen LogP contribution in [-0.4, -0.2) is 0 Å². The molecular formula is C25H22N2. The van der Waals surface area contributed by atoms with Crippen LogP contribution in [0.25, 0.3) is 22.3 Å². The highest BCUT2D eigenvalue weighted by Crippen LogP contribution is 2.24. The third-order valence-corrected chi connectivity index (χ3v) is 4.76. The van der Waals surface area contributed by atoms with Crippen molar-refractivity contribution in [2.45, 2.75) is 6.42 Å². The molecule has 2 heteroatoms. The Balaban J connectivity index is 1.49. The molecule has 0 atom stereocenters. The molecule has 0 aliphatic heterocycles. The third-order valence-electron chi connectivity index (χ3n) is 4.76. The van der Waals surface area contributed by atoms with Crippen LogP contribution in [0.3, 0.4) is 0 Å². The molecular weight excluding hydrogens is 328 g/mol. The average Bonchev–Trinajstić information content (AvgIpc) is 2.69. The van der Waals surface area contributed by atoms with E-state index in [9.17, 15) is 0 Å². The first-order valence-electron chi connectivity index (χ1n) is 9.07. The molecule has 0 spiro atoms. The van der Waals surface area contributed by atoms with E-state index in [1.807, 2.05) is 36.4 Å². The zero-order valence-corrected chi connectivity index (χ0v) is 15.1. The second kappa shape index (κ2) is 7.38. The molecule has 4 N–H and O–H groups in total. The molecule has 0 aromatic heterocycles. The SMILES string of the molecule is Nc1cccc(-c2ccc(Cc3ccc(-c4cccc(N)c4)cc3)cc2)c1. The molecule has 0 saturated carbocycles. The first kappa shape index (κ1) is 16.9. The Hall–Kier alpha value is -3.52. The Morgan fingerprint density at radius 1 is 0.444 bits per heavy atom. The van der Waals surface area contributed by atoms with Gasteiger partial charge in [-0.1, -0.05) is 72.8 Å². The van der Waals surface area contributed by atoms with Crippen molar-refractivity contribution in [3.8, 4) is 22.3 Å². The molecule has 0 unspecified atom stereocenters. The van der Waals surface area contributed by atoms with Gasteiger partial charge in [-0.05, 0) is 64.1 Å². The van der Waals surface area contributed by atoms with Gasteiger partial charge >= 0.3 is 0 Å². The molecule has 0 radical (unpaired) electrons. The van der Waals surface area contributed by atoms with Crippen LogP contribution in [0.1, 0.15) is 11.1 Å². The lowest BCUT2D eigenvalue weighted by Crippen LogP contribution is -1.90. The molecule has 4 rings (SSSR count). The molecule has 0 aliphatic carbocycles. The number of benzene rings is 4. The number of nitrogen functional groups attached to an aromatic ring is 2. The van der Waals surface area contributed by atoms with Crippen LogP contribution in [0.4, 0.5) is 11.4 Å². The van der Waals surface area contributed by atoms with E-state index in [4.69, 9.17) is 11.5 Å². The van der Waals surface area contributed by atoms with Crippen LogP contribution >= 0.6 is 0 Å². The fourth-order valence-corrected chi connectivity index (χ4v) is 3.30. The van der Waals surface area contributed by atoms with Crippen molar-refractivity contribution in [1.82, 2.24) is 0 Å². The summed E-state index contributed by atoms with van der Waals surface area (Å²) in [5, 5.41) is 0. The first-order chi connectivity index (χ1) is 13.2. The van der Waals surface area contributed by atoms with Crippen molar-refractivity contribution in [1.29, 1.82) is 0 Å². The standard InChI is InChI=1S/C25H22N2/c26-24-5-1-3-22(16-24)20-11-7-18(8-12-20)15-19-9-13-21(14-10-19)23-4-2-6-25(27)17-23/h1-14,16-17H,15,26-27H2. The largest absolute Gasteiger partial charge is 0.399 e. The van der Waals surface area contributed by atoms with Gasteiger partial charge < -0.3 is 11.5 Å². The predicted octanol–water partition coefficient (Wildman–Crippen LogP) is 5.78. The van der Waals surface area contributed by atoms with Gasteiger partial charge in [0, 0.05) is 11.4 Å². The van der Waals surface area contributed by atoms with Crippen molar-refractivity contribution in [2.75, 3.05) is 11.5 Å². The van der Waals surface area contributed by atoms with Gasteiger partial charge in [-0.25, -0.2) is 0 Å². The fraction of sp³-hybridized carbons (Fsp3) is 0.0400. The van der Waals surface area contributed by atoms with Gasteiger partial charge in [0.15, 0.2) is 0 Å². The van der Waals surface area contributed by atoms with Crippen molar-refractivity contribution < 1.29 is 0 Å². The summed E-state index contributed by atoms with van der Waals surface area (Å²) < 4.78 is 0. The maximum Gasteiger partial charge on any atom is 0.0320 e. The van der Waals surface area contributed by atoms with E-state index in [0.717, 1.165) is 28.9 Å². The number of nitrogens with two attached hydrogens (primary N) is 2. The van der Waals surface area contributed by atoms with Gasteiger partial charge in [0.25, 0.3) is 0 Å². The summed E-state index contributed by atoms with van der Waals surface area (Å²) in [5.74, 6) is 0. The number of hydrogen-bond donors (Lipinski definition) is 2. The monoisotopic (exact) mass is 350 g/mol. The van der Waals surface area contributed by atoms with Crippen molar-refractivity contribution in [3.63, 3.8) is 0 Å². The summed E-state index contributed by atoms with van der Waals surface area (Å²) in [7, 11) is 0. The molecule has 4 aromatic rings. The van der Waals surface area contributed by atoms with E-state index in [2.05, 4.69) is 60.7 Å². The van der Waals surface area contributed by atoms with Crippen molar-refractivity contribution >= 4 is 11.4 Å². The average molecular weight is 350 g/mol. The van der Waals surface area contributed by atoms with E-state index in [0.29, 0.717) is 0 Å². The molecule has 0 saturated heterocycles. The zero-order valence-electron chi connectivity index (χ0n) is 15.1. The zero-order chi connectivity index (χ0) is 18.6. The van der Waals surface area contributed by atoms with E-state index < -0.39 is 0 Å². The highest BCUT2D eigenvalue weighted by molar-refractivity contribution is 5.68. The maximum atomic E-state index is 5.88. The van der Waals surface area contributed by atoms with Gasteiger partial charge in [-0.15, -0.1) is 0 Å². The second-order valence-corrected chi connectivity index (χ2v) is 6.82. The van der Waals surface area contributed by atoms with Gasteiger partial charge in [-0.3, -0.25) is 0 Å². The minimum Gasteiger partial charge on any atom is -0.399 e. The number of anilines is 2. The molecule has 0 amide bonds. The van der Waals surface area contributed by atoms with Crippen LogP contribution in [0, 0.1) is 0 Å². The van der Waals surface area contributed by atoms with Crippen LogP contribution in [-0.2, 0) is 6.42 Å². The highest BCUT2D eigenvalue weighted by Gasteiger charge is 2.02. The second-order valence-electron chi connectivity index (χ2n) is 6.82. The molecule has 0 fully saturated rings. The molecule has 0 heterocycles. The Labute approximate surface area is 160 Å². The molecule has 27 heavy (non-hydrogen) atoms.